The monoisotopic (exact) mass is 598 g/mol. The van der Waals surface area contributed by atoms with Gasteiger partial charge in [-0.3, -0.25) is 0 Å². The fraction of sp³-hybridized carbons (Fsp3) is 0.379. The van der Waals surface area contributed by atoms with E-state index in [0.29, 0.717) is 19.7 Å². The lowest BCUT2D eigenvalue weighted by atomic mass is 9.79. The molecule has 2 aromatic carbocycles. The second-order valence-corrected chi connectivity index (χ2v) is 9.01. The van der Waals surface area contributed by atoms with E-state index in [-0.39, 0.29) is 37.8 Å². The summed E-state index contributed by atoms with van der Waals surface area (Å²) < 4.78 is 93.2. The van der Waals surface area contributed by atoms with Gasteiger partial charge in [-0.2, -0.15) is 0 Å². The Balaban J connectivity index is 1.81. The molecule has 1 unspecified atom stereocenters. The number of carbonyl (C=O) groups is 2. The Hall–Kier alpha value is -3.81. The van der Waals surface area contributed by atoms with Crippen molar-refractivity contribution < 1.29 is 50.5 Å². The van der Waals surface area contributed by atoms with Crippen molar-refractivity contribution in [2.24, 2.45) is 0 Å². The van der Waals surface area contributed by atoms with Crippen molar-refractivity contribution in [2.45, 2.75) is 26.3 Å². The highest BCUT2D eigenvalue weighted by molar-refractivity contribution is 6.00. The van der Waals surface area contributed by atoms with Gasteiger partial charge in [0.25, 0.3) is 0 Å². The molecule has 3 rings (SSSR count). The Morgan fingerprint density at radius 1 is 0.857 bits per heavy atom. The third kappa shape index (κ3) is 7.52. The summed E-state index contributed by atoms with van der Waals surface area (Å²) in [6, 6.07) is 9.78. The summed E-state index contributed by atoms with van der Waals surface area (Å²) in [4.78, 5) is 25.8. The van der Waals surface area contributed by atoms with Gasteiger partial charge in [0.1, 0.15) is 0 Å². The normalized spacial score (nSPS) is 15.1. The zero-order valence-electron chi connectivity index (χ0n) is 23.3. The topological polar surface area (TPSA) is 95.1 Å². The van der Waals surface area contributed by atoms with Gasteiger partial charge in [-0.05, 0) is 19.4 Å². The van der Waals surface area contributed by atoms with Crippen LogP contribution in [0.15, 0.2) is 52.9 Å². The molecule has 1 aliphatic heterocycles. The summed E-state index contributed by atoms with van der Waals surface area (Å²) in [6.45, 7) is 3.99. The molecule has 2 N–H and O–H groups in total. The number of hydrogen-bond acceptors (Lipinski definition) is 8. The second kappa shape index (κ2) is 15.4. The van der Waals surface area contributed by atoms with E-state index in [9.17, 15) is 22.8 Å². The molecule has 0 saturated carbocycles. The van der Waals surface area contributed by atoms with E-state index in [4.69, 9.17) is 18.9 Å². The molecule has 1 heterocycles. The molecule has 0 radical (unpaired) electrons. The maximum atomic E-state index is 15.0. The van der Waals surface area contributed by atoms with Crippen molar-refractivity contribution in [3.8, 4) is 0 Å². The first-order valence-corrected chi connectivity index (χ1v) is 13.0. The van der Waals surface area contributed by atoms with E-state index < -0.39 is 63.7 Å². The molecule has 8 nitrogen and oxygen atoms in total. The first kappa shape index (κ1) is 32.7. The van der Waals surface area contributed by atoms with Gasteiger partial charge in [0, 0.05) is 24.4 Å². The number of halogens is 5. The molecule has 13 heteroatoms. The number of carbonyl (C=O) groups excluding carboxylic acids is 2. The number of dihydropyridines is 1. The van der Waals surface area contributed by atoms with Crippen LogP contribution in [0.4, 0.5) is 22.0 Å². The van der Waals surface area contributed by atoms with Crippen molar-refractivity contribution >= 4 is 11.9 Å². The summed E-state index contributed by atoms with van der Waals surface area (Å²) >= 11 is 0. The molecule has 0 bridgehead atoms. The molecule has 2 aromatic rings. The molecular weight excluding hydrogens is 567 g/mol. The van der Waals surface area contributed by atoms with Gasteiger partial charge >= 0.3 is 11.9 Å². The SMILES string of the molecule is CCOC(=O)C1=C(COCCOCCNCc2ccccc2)NC(C)=C(C(=O)OC)C1c1c(F)c(F)c(F)c(F)c1F. The summed E-state index contributed by atoms with van der Waals surface area (Å²) in [5.41, 5.74) is -1.55. The second-order valence-electron chi connectivity index (χ2n) is 9.01. The Morgan fingerprint density at radius 2 is 1.48 bits per heavy atom. The van der Waals surface area contributed by atoms with Gasteiger partial charge in [-0.15, -0.1) is 0 Å². The lowest BCUT2D eigenvalue weighted by Crippen LogP contribution is -2.36. The first-order valence-electron chi connectivity index (χ1n) is 13.0. The number of allylic oxidation sites excluding steroid dienone is 1. The Labute approximate surface area is 239 Å². The van der Waals surface area contributed by atoms with Gasteiger partial charge in [0.2, 0.25) is 5.82 Å². The molecule has 0 saturated heterocycles. The average Bonchev–Trinajstić information content (AvgIpc) is 2.98. The lowest BCUT2D eigenvalue weighted by Gasteiger charge is -2.31. The lowest BCUT2D eigenvalue weighted by molar-refractivity contribution is -0.139. The molecular formula is C29H31F5N2O6. The highest BCUT2D eigenvalue weighted by Gasteiger charge is 2.43. The molecule has 42 heavy (non-hydrogen) atoms. The predicted molar refractivity (Wildman–Crippen MR) is 140 cm³/mol. The molecule has 0 spiro atoms. The Morgan fingerprint density at radius 3 is 2.10 bits per heavy atom. The van der Waals surface area contributed by atoms with Crippen LogP contribution >= 0.6 is 0 Å². The maximum absolute atomic E-state index is 15.0. The Bertz CT molecular complexity index is 1320. The van der Waals surface area contributed by atoms with Crippen LogP contribution in [0.25, 0.3) is 0 Å². The highest BCUT2D eigenvalue weighted by Crippen LogP contribution is 2.43. The van der Waals surface area contributed by atoms with Crippen LogP contribution in [-0.4, -0.2) is 58.6 Å². The first-order chi connectivity index (χ1) is 20.1. The van der Waals surface area contributed by atoms with E-state index in [1.807, 2.05) is 30.3 Å². The number of esters is 2. The van der Waals surface area contributed by atoms with Gasteiger partial charge < -0.3 is 29.6 Å². The molecule has 0 aromatic heterocycles. The fourth-order valence-corrected chi connectivity index (χ4v) is 4.37. The van der Waals surface area contributed by atoms with Crippen LogP contribution < -0.4 is 10.6 Å². The maximum Gasteiger partial charge on any atom is 0.336 e. The third-order valence-corrected chi connectivity index (χ3v) is 6.29. The highest BCUT2D eigenvalue weighted by atomic mass is 19.2. The molecule has 0 aliphatic carbocycles. The minimum Gasteiger partial charge on any atom is -0.466 e. The molecule has 0 amide bonds. The largest absolute Gasteiger partial charge is 0.466 e. The Kier molecular flexibility index (Phi) is 12.0. The zero-order valence-corrected chi connectivity index (χ0v) is 23.3. The van der Waals surface area contributed by atoms with E-state index in [2.05, 4.69) is 10.6 Å². The van der Waals surface area contributed by atoms with Crippen LogP contribution in [-0.2, 0) is 35.1 Å². The molecule has 0 fully saturated rings. The van der Waals surface area contributed by atoms with Crippen molar-refractivity contribution in [1.82, 2.24) is 10.6 Å². The molecule has 228 valence electrons. The summed E-state index contributed by atoms with van der Waals surface area (Å²) in [5, 5.41) is 5.98. The van der Waals surface area contributed by atoms with Crippen LogP contribution in [0.3, 0.4) is 0 Å². The molecule has 1 atom stereocenters. The van der Waals surface area contributed by atoms with Gasteiger partial charge in [0.05, 0.1) is 62.9 Å². The summed E-state index contributed by atoms with van der Waals surface area (Å²) in [6.07, 6.45) is 0. The minimum absolute atomic E-state index is 0.0276. The summed E-state index contributed by atoms with van der Waals surface area (Å²) in [5.74, 6) is -15.7. The standard InChI is InChI=1S/C29H31F5N2O6/c1-4-42-29(38)20-18(15-41-13-12-40-11-10-35-14-17-8-6-5-7-9-17)36-16(2)19(28(37)39-3)21(20)22-23(30)25(32)27(34)26(33)24(22)31/h5-9,21,35-36H,4,10-15H2,1-3H3. The minimum atomic E-state index is -2.39. The summed E-state index contributed by atoms with van der Waals surface area (Å²) in [7, 11) is 0.960. The average molecular weight is 599 g/mol. The number of nitrogens with one attached hydrogen (secondary N) is 2. The van der Waals surface area contributed by atoms with Crippen LogP contribution in [0.1, 0.15) is 30.9 Å². The fourth-order valence-electron chi connectivity index (χ4n) is 4.37. The number of rotatable bonds is 14. The van der Waals surface area contributed by atoms with Crippen LogP contribution in [0, 0.1) is 29.1 Å². The van der Waals surface area contributed by atoms with Gasteiger partial charge in [0.15, 0.2) is 23.3 Å². The number of hydrogen-bond donors (Lipinski definition) is 2. The van der Waals surface area contributed by atoms with Crippen LogP contribution in [0.2, 0.25) is 0 Å². The van der Waals surface area contributed by atoms with Crippen molar-refractivity contribution in [3.63, 3.8) is 0 Å². The van der Waals surface area contributed by atoms with E-state index in [0.717, 1.165) is 12.7 Å². The van der Waals surface area contributed by atoms with Gasteiger partial charge in [-0.25, -0.2) is 31.5 Å². The van der Waals surface area contributed by atoms with Crippen LogP contribution in [0.5, 0.6) is 0 Å². The quantitative estimate of drug-likeness (QED) is 0.110. The van der Waals surface area contributed by atoms with Gasteiger partial charge in [-0.1, -0.05) is 30.3 Å². The van der Waals surface area contributed by atoms with E-state index >= 15 is 8.78 Å². The molecule has 1 aliphatic rings. The predicted octanol–water partition coefficient (Wildman–Crippen LogP) is 4.16. The number of benzene rings is 2. The van der Waals surface area contributed by atoms with E-state index in [1.54, 1.807) is 0 Å². The van der Waals surface area contributed by atoms with Crippen molar-refractivity contribution in [1.29, 1.82) is 0 Å². The number of ether oxygens (including phenoxy) is 4. The third-order valence-electron chi connectivity index (χ3n) is 6.29. The van der Waals surface area contributed by atoms with Crippen molar-refractivity contribution in [2.75, 3.05) is 46.7 Å². The smallest absolute Gasteiger partial charge is 0.336 e. The van der Waals surface area contributed by atoms with E-state index in [1.165, 1.54) is 13.8 Å². The van der Waals surface area contributed by atoms with Crippen molar-refractivity contribution in [3.05, 3.63) is 93.1 Å². The number of methoxy groups -OCH3 is 1. The zero-order chi connectivity index (χ0) is 30.8.